The second-order valence-corrected chi connectivity index (χ2v) is 7.72. The first-order valence-electron chi connectivity index (χ1n) is 9.60. The number of pyridine rings is 1. The minimum absolute atomic E-state index is 0.0434. The van der Waals surface area contributed by atoms with E-state index in [-0.39, 0.29) is 23.9 Å². The van der Waals surface area contributed by atoms with Crippen LogP contribution in [0.4, 0.5) is 5.69 Å². The van der Waals surface area contributed by atoms with E-state index in [9.17, 15) is 9.59 Å². The van der Waals surface area contributed by atoms with E-state index in [1.807, 2.05) is 27.7 Å². The van der Waals surface area contributed by atoms with Gasteiger partial charge in [0.1, 0.15) is 18.6 Å². The Labute approximate surface area is 168 Å². The molecule has 9 nitrogen and oxygen atoms in total. The van der Waals surface area contributed by atoms with E-state index in [2.05, 4.69) is 20.6 Å². The third-order valence-electron chi connectivity index (χ3n) is 4.33. The van der Waals surface area contributed by atoms with Crippen molar-refractivity contribution in [1.82, 2.24) is 24.4 Å². The first kappa shape index (κ1) is 20.5. The molecule has 0 radical (unpaired) electrons. The zero-order valence-electron chi connectivity index (χ0n) is 17.3. The summed E-state index contributed by atoms with van der Waals surface area (Å²) in [6.45, 7) is 10.1. The Balaban J connectivity index is 1.83. The van der Waals surface area contributed by atoms with Crippen LogP contribution in [-0.4, -0.2) is 36.9 Å². The lowest BCUT2D eigenvalue weighted by Crippen LogP contribution is -2.32. The first-order valence-corrected chi connectivity index (χ1v) is 9.60. The van der Waals surface area contributed by atoms with Crippen LogP contribution in [0.2, 0.25) is 0 Å². The number of nitrogens with one attached hydrogen (secondary N) is 1. The largest absolute Gasteiger partial charge is 0.491 e. The third-order valence-corrected chi connectivity index (χ3v) is 4.33. The van der Waals surface area contributed by atoms with Crippen molar-refractivity contribution in [3.8, 4) is 5.75 Å². The lowest BCUT2D eigenvalue weighted by molar-refractivity contribution is -0.117. The van der Waals surface area contributed by atoms with Gasteiger partial charge in [-0.1, -0.05) is 27.7 Å². The van der Waals surface area contributed by atoms with Gasteiger partial charge in [0.25, 0.3) is 5.56 Å². The van der Waals surface area contributed by atoms with Gasteiger partial charge in [-0.3, -0.25) is 14.0 Å². The van der Waals surface area contributed by atoms with Crippen molar-refractivity contribution < 1.29 is 9.53 Å². The van der Waals surface area contributed by atoms with E-state index in [0.29, 0.717) is 40.9 Å². The van der Waals surface area contributed by atoms with Crippen molar-refractivity contribution in [3.63, 3.8) is 0 Å². The molecule has 3 rings (SSSR count). The molecule has 0 aliphatic carbocycles. The second-order valence-electron chi connectivity index (χ2n) is 7.72. The van der Waals surface area contributed by atoms with Crippen LogP contribution in [0.25, 0.3) is 5.65 Å². The van der Waals surface area contributed by atoms with Crippen molar-refractivity contribution in [3.05, 3.63) is 46.3 Å². The van der Waals surface area contributed by atoms with Crippen LogP contribution in [0.1, 0.15) is 44.9 Å². The van der Waals surface area contributed by atoms with Gasteiger partial charge in [0.15, 0.2) is 11.4 Å². The molecule has 3 aromatic heterocycles. The first-order chi connectivity index (χ1) is 13.8. The molecule has 0 unspecified atom stereocenters. The van der Waals surface area contributed by atoms with Gasteiger partial charge >= 0.3 is 0 Å². The summed E-state index contributed by atoms with van der Waals surface area (Å²) in [5, 5.41) is 14.9. The molecule has 0 spiro atoms. The standard InChI is InChI=1S/C20H26N6O3/c1-12(2)10-29-19-14(5)20(28)26(24-18(19)13(3)4)9-17(27)22-15-6-7-16-23-21-11-25(16)8-15/h6-8,11-13H,9-10H2,1-5H3,(H,22,27). The molecule has 0 aromatic carbocycles. The predicted molar refractivity (Wildman–Crippen MR) is 109 cm³/mol. The highest BCUT2D eigenvalue weighted by Gasteiger charge is 2.20. The molecule has 0 bridgehead atoms. The molecular weight excluding hydrogens is 372 g/mol. The lowest BCUT2D eigenvalue weighted by atomic mass is 10.1. The number of hydrogen-bond donors (Lipinski definition) is 1. The van der Waals surface area contributed by atoms with Crippen molar-refractivity contribution in [2.45, 2.75) is 47.1 Å². The molecular formula is C20H26N6O3. The maximum Gasteiger partial charge on any atom is 0.273 e. The van der Waals surface area contributed by atoms with Crippen molar-refractivity contribution >= 4 is 17.2 Å². The summed E-state index contributed by atoms with van der Waals surface area (Å²) in [5.41, 5.74) is 2.05. The Hall–Kier alpha value is -3.23. The fourth-order valence-electron chi connectivity index (χ4n) is 2.86. The van der Waals surface area contributed by atoms with Crippen LogP contribution in [0.5, 0.6) is 5.75 Å². The van der Waals surface area contributed by atoms with Crippen molar-refractivity contribution in [2.75, 3.05) is 11.9 Å². The molecule has 0 aliphatic rings. The van der Waals surface area contributed by atoms with E-state index in [1.165, 1.54) is 4.68 Å². The summed E-state index contributed by atoms with van der Waals surface area (Å²) in [6, 6.07) is 3.47. The zero-order valence-corrected chi connectivity index (χ0v) is 17.3. The molecule has 1 amide bonds. The quantitative estimate of drug-likeness (QED) is 0.655. The monoisotopic (exact) mass is 398 g/mol. The SMILES string of the molecule is Cc1c(OCC(C)C)c(C(C)C)nn(CC(=O)Nc2ccc3nncn3c2)c1=O. The van der Waals surface area contributed by atoms with E-state index < -0.39 is 0 Å². The average molecular weight is 398 g/mol. The molecule has 1 N–H and O–H groups in total. The highest BCUT2D eigenvalue weighted by atomic mass is 16.5. The molecule has 29 heavy (non-hydrogen) atoms. The highest BCUT2D eigenvalue weighted by molar-refractivity contribution is 5.90. The Morgan fingerprint density at radius 2 is 2.00 bits per heavy atom. The van der Waals surface area contributed by atoms with Crippen LogP contribution in [0.3, 0.4) is 0 Å². The molecule has 154 valence electrons. The molecule has 0 saturated heterocycles. The van der Waals surface area contributed by atoms with Gasteiger partial charge in [-0.25, -0.2) is 4.68 Å². The summed E-state index contributed by atoms with van der Waals surface area (Å²) in [7, 11) is 0. The maximum absolute atomic E-state index is 12.8. The van der Waals surface area contributed by atoms with Gasteiger partial charge in [-0.2, -0.15) is 5.10 Å². The normalized spacial score (nSPS) is 11.4. The number of anilines is 1. The molecule has 0 fully saturated rings. The predicted octanol–water partition coefficient (Wildman–Crippen LogP) is 2.39. The lowest BCUT2D eigenvalue weighted by Gasteiger charge is -2.18. The summed E-state index contributed by atoms with van der Waals surface area (Å²) in [6.07, 6.45) is 3.25. The van der Waals surface area contributed by atoms with E-state index >= 15 is 0 Å². The van der Waals surface area contributed by atoms with E-state index in [0.717, 1.165) is 0 Å². The Kier molecular flexibility index (Phi) is 5.95. The van der Waals surface area contributed by atoms with Crippen LogP contribution in [0, 0.1) is 12.8 Å². The number of fused-ring (bicyclic) bond motifs is 1. The van der Waals surface area contributed by atoms with Crippen LogP contribution in [-0.2, 0) is 11.3 Å². The molecule has 0 atom stereocenters. The number of aromatic nitrogens is 5. The number of nitrogens with zero attached hydrogens (tertiary/aromatic N) is 5. The summed E-state index contributed by atoms with van der Waals surface area (Å²) in [5.74, 6) is 0.540. The molecule has 0 saturated carbocycles. The Morgan fingerprint density at radius 3 is 2.69 bits per heavy atom. The number of amides is 1. The van der Waals surface area contributed by atoms with Gasteiger partial charge in [0, 0.05) is 12.1 Å². The minimum atomic E-state index is -0.350. The number of carbonyl (C=O) groups is 1. The fraction of sp³-hybridized carbons (Fsp3) is 0.450. The maximum atomic E-state index is 12.8. The van der Waals surface area contributed by atoms with Crippen LogP contribution >= 0.6 is 0 Å². The van der Waals surface area contributed by atoms with Crippen molar-refractivity contribution in [2.24, 2.45) is 5.92 Å². The fourth-order valence-corrected chi connectivity index (χ4v) is 2.86. The number of ether oxygens (including phenoxy) is 1. The van der Waals surface area contributed by atoms with Gasteiger partial charge in [0.2, 0.25) is 5.91 Å². The van der Waals surface area contributed by atoms with E-state index in [1.54, 1.807) is 36.0 Å². The average Bonchev–Trinajstić information content (AvgIpc) is 3.12. The molecule has 3 heterocycles. The summed E-state index contributed by atoms with van der Waals surface area (Å²) in [4.78, 5) is 25.3. The Morgan fingerprint density at radius 1 is 1.24 bits per heavy atom. The van der Waals surface area contributed by atoms with Gasteiger partial charge < -0.3 is 10.1 Å². The highest BCUT2D eigenvalue weighted by Crippen LogP contribution is 2.26. The molecule has 3 aromatic rings. The number of rotatable bonds is 7. The smallest absolute Gasteiger partial charge is 0.273 e. The minimum Gasteiger partial charge on any atom is -0.491 e. The third kappa shape index (κ3) is 4.61. The molecule has 0 aliphatic heterocycles. The van der Waals surface area contributed by atoms with Crippen LogP contribution in [0.15, 0.2) is 29.5 Å². The number of carbonyl (C=O) groups excluding carboxylic acids is 1. The Bertz CT molecular complexity index is 1080. The van der Waals surface area contributed by atoms with Crippen molar-refractivity contribution in [1.29, 1.82) is 0 Å². The topological polar surface area (TPSA) is 103 Å². The van der Waals surface area contributed by atoms with Gasteiger partial charge in [-0.15, -0.1) is 10.2 Å². The zero-order chi connectivity index (χ0) is 21.1. The van der Waals surface area contributed by atoms with E-state index in [4.69, 9.17) is 4.74 Å². The summed E-state index contributed by atoms with van der Waals surface area (Å²) < 4.78 is 8.76. The molecule has 9 heteroatoms. The second kappa shape index (κ2) is 8.42. The van der Waals surface area contributed by atoms with Crippen LogP contribution < -0.4 is 15.6 Å². The van der Waals surface area contributed by atoms with Gasteiger partial charge in [-0.05, 0) is 25.0 Å². The summed E-state index contributed by atoms with van der Waals surface area (Å²) >= 11 is 0. The number of hydrogen-bond acceptors (Lipinski definition) is 6. The van der Waals surface area contributed by atoms with Gasteiger partial charge in [0.05, 0.1) is 17.9 Å².